The van der Waals surface area contributed by atoms with E-state index in [1.165, 1.54) is 16.4 Å². The molecule has 12 nitrogen and oxygen atoms in total. The van der Waals surface area contributed by atoms with E-state index in [1.54, 1.807) is 41.8 Å². The molecule has 4 rings (SSSR count). The molecule has 0 saturated carbocycles. The van der Waals surface area contributed by atoms with E-state index >= 15 is 0 Å². The van der Waals surface area contributed by atoms with Gasteiger partial charge in [-0.3, -0.25) is 14.9 Å². The Kier molecular flexibility index (Phi) is 6.48. The number of H-pyrrole nitrogens is 1. The number of nitrogens with zero attached hydrogens (tertiary/aromatic N) is 6. The third kappa shape index (κ3) is 4.31. The Balaban J connectivity index is 1.52. The number of piperazine rings is 1. The molecule has 0 radical (unpaired) electrons. The number of carbonyl (C=O) groups is 1. The summed E-state index contributed by atoms with van der Waals surface area (Å²) in [7, 11) is -3.82. The van der Waals surface area contributed by atoms with Crippen molar-refractivity contribution in [2.45, 2.75) is 18.7 Å². The monoisotopic (exact) mass is 487 g/mol. The molecule has 3 aromatic rings. The van der Waals surface area contributed by atoms with Gasteiger partial charge in [-0.15, -0.1) is 0 Å². The molecular weight excluding hydrogens is 462 g/mol. The predicted octanol–water partition coefficient (Wildman–Crippen LogP) is 1.86. The fourth-order valence-electron chi connectivity index (χ4n) is 4.10. The molecule has 13 heteroatoms. The highest BCUT2D eigenvalue weighted by Crippen LogP contribution is 2.32. The van der Waals surface area contributed by atoms with Gasteiger partial charge in [0.25, 0.3) is 11.6 Å². The van der Waals surface area contributed by atoms with Gasteiger partial charge in [0.1, 0.15) is 16.7 Å². The molecule has 34 heavy (non-hydrogen) atoms. The summed E-state index contributed by atoms with van der Waals surface area (Å²) in [6, 6.07) is 9.09. The summed E-state index contributed by atoms with van der Waals surface area (Å²) >= 11 is 0. The van der Waals surface area contributed by atoms with E-state index in [-0.39, 0.29) is 29.6 Å². The fourth-order valence-corrected chi connectivity index (χ4v) is 5.57. The van der Waals surface area contributed by atoms with Crippen molar-refractivity contribution < 1.29 is 18.1 Å². The molecule has 1 amide bonds. The molecule has 0 spiro atoms. The number of sulfonamides is 1. The van der Waals surface area contributed by atoms with Gasteiger partial charge in [-0.25, -0.2) is 8.42 Å². The molecule has 1 aromatic heterocycles. The van der Waals surface area contributed by atoms with Crippen molar-refractivity contribution in [3.05, 3.63) is 52.1 Å². The molecule has 180 valence electrons. The van der Waals surface area contributed by atoms with E-state index < -0.39 is 14.9 Å². The largest absolute Gasteiger partial charge is 0.362 e. The molecule has 1 aliphatic rings. The van der Waals surface area contributed by atoms with E-state index in [9.17, 15) is 23.3 Å². The lowest BCUT2D eigenvalue weighted by Crippen LogP contribution is -2.49. The van der Waals surface area contributed by atoms with Crippen LogP contribution in [0.25, 0.3) is 11.0 Å². The normalized spacial score (nSPS) is 14.7. The number of hydrogen-bond acceptors (Lipinski definition) is 8. The number of rotatable bonds is 7. The van der Waals surface area contributed by atoms with Crippen LogP contribution in [-0.2, 0) is 10.0 Å². The van der Waals surface area contributed by atoms with Crippen LogP contribution >= 0.6 is 0 Å². The van der Waals surface area contributed by atoms with Crippen molar-refractivity contribution in [3.63, 3.8) is 0 Å². The number of nitro groups is 1. The van der Waals surface area contributed by atoms with Gasteiger partial charge in [-0.1, -0.05) is 13.8 Å². The highest BCUT2D eigenvalue weighted by atomic mass is 32.2. The summed E-state index contributed by atoms with van der Waals surface area (Å²) in [5.41, 5.74) is 1.82. The SMILES string of the molecule is CCN(CC)S(=O)(=O)c1ccc(N2CCN(C(=O)c3ccc4n[nH]nc4c3)CC2)c([N+](=O)[O-])c1. The number of amides is 1. The van der Waals surface area contributed by atoms with Crippen molar-refractivity contribution in [2.24, 2.45) is 0 Å². The standard InChI is InChI=1S/C21H25N7O5S/c1-3-27(4-2)34(32,33)16-6-8-19(20(14-16)28(30)31)25-9-11-26(12-10-25)21(29)15-5-7-17-18(13-15)23-24-22-17/h5-8,13-14H,3-4,9-12H2,1-2H3,(H,22,23,24). The van der Waals surface area contributed by atoms with E-state index in [4.69, 9.17) is 0 Å². The average molecular weight is 488 g/mol. The highest BCUT2D eigenvalue weighted by Gasteiger charge is 2.30. The molecule has 0 aliphatic carbocycles. The van der Waals surface area contributed by atoms with Crippen molar-refractivity contribution in [3.8, 4) is 0 Å². The second-order valence-electron chi connectivity index (χ2n) is 7.80. The summed E-state index contributed by atoms with van der Waals surface area (Å²) in [6.07, 6.45) is 0. The fraction of sp³-hybridized carbons (Fsp3) is 0.381. The van der Waals surface area contributed by atoms with Gasteiger partial charge < -0.3 is 9.80 Å². The molecule has 0 bridgehead atoms. The summed E-state index contributed by atoms with van der Waals surface area (Å²) in [5.74, 6) is -0.153. The van der Waals surface area contributed by atoms with E-state index in [2.05, 4.69) is 15.4 Å². The lowest BCUT2D eigenvalue weighted by molar-refractivity contribution is -0.384. The molecular formula is C21H25N7O5S. The second kappa shape index (κ2) is 9.35. The number of aromatic amines is 1. The number of nitro benzene ring substituents is 1. The number of nitrogens with one attached hydrogen (secondary N) is 1. The van der Waals surface area contributed by atoms with Crippen LogP contribution in [0.15, 0.2) is 41.3 Å². The maximum absolute atomic E-state index is 12.9. The van der Waals surface area contributed by atoms with Crippen LogP contribution in [0.4, 0.5) is 11.4 Å². The first-order valence-electron chi connectivity index (χ1n) is 10.9. The summed E-state index contributed by atoms with van der Waals surface area (Å²) < 4.78 is 26.9. The molecule has 0 unspecified atom stereocenters. The maximum Gasteiger partial charge on any atom is 0.293 e. The van der Waals surface area contributed by atoms with Gasteiger partial charge in [0.2, 0.25) is 10.0 Å². The lowest BCUT2D eigenvalue weighted by atomic mass is 10.1. The minimum absolute atomic E-state index is 0.108. The zero-order valence-electron chi connectivity index (χ0n) is 18.8. The van der Waals surface area contributed by atoms with Crippen molar-refractivity contribution in [2.75, 3.05) is 44.2 Å². The Morgan fingerprint density at radius 1 is 1.06 bits per heavy atom. The molecule has 1 aliphatic heterocycles. The molecule has 2 heterocycles. The van der Waals surface area contributed by atoms with Gasteiger partial charge in [0, 0.05) is 50.9 Å². The van der Waals surface area contributed by atoms with Gasteiger partial charge >= 0.3 is 0 Å². The maximum atomic E-state index is 12.9. The summed E-state index contributed by atoms with van der Waals surface area (Å²) in [4.78, 5) is 27.5. The molecule has 1 fully saturated rings. The molecule has 2 aromatic carbocycles. The Morgan fingerprint density at radius 2 is 1.74 bits per heavy atom. The van der Waals surface area contributed by atoms with Crippen LogP contribution in [0.2, 0.25) is 0 Å². The number of benzene rings is 2. The third-order valence-electron chi connectivity index (χ3n) is 5.96. The van der Waals surface area contributed by atoms with Gasteiger partial charge in [0.15, 0.2) is 0 Å². The van der Waals surface area contributed by atoms with Crippen molar-refractivity contribution in [1.82, 2.24) is 24.6 Å². The Morgan fingerprint density at radius 3 is 2.38 bits per heavy atom. The second-order valence-corrected chi connectivity index (χ2v) is 9.74. The minimum Gasteiger partial charge on any atom is -0.362 e. The quantitative estimate of drug-likeness (QED) is 0.392. The lowest BCUT2D eigenvalue weighted by Gasteiger charge is -2.36. The Labute approximate surface area is 196 Å². The van der Waals surface area contributed by atoms with Crippen LogP contribution < -0.4 is 4.90 Å². The predicted molar refractivity (Wildman–Crippen MR) is 125 cm³/mol. The number of hydrogen-bond donors (Lipinski definition) is 1. The van der Waals surface area contributed by atoms with Crippen LogP contribution in [0.3, 0.4) is 0 Å². The van der Waals surface area contributed by atoms with E-state index in [0.717, 1.165) is 6.07 Å². The molecule has 0 atom stereocenters. The minimum atomic E-state index is -3.82. The number of anilines is 1. The van der Waals surface area contributed by atoms with Crippen LogP contribution in [0.5, 0.6) is 0 Å². The molecule has 1 N–H and O–H groups in total. The first-order valence-corrected chi connectivity index (χ1v) is 12.3. The van der Waals surface area contributed by atoms with Crippen molar-refractivity contribution >= 4 is 38.3 Å². The van der Waals surface area contributed by atoms with E-state index in [0.29, 0.717) is 48.5 Å². The van der Waals surface area contributed by atoms with Crippen LogP contribution in [0.1, 0.15) is 24.2 Å². The summed E-state index contributed by atoms with van der Waals surface area (Å²) in [6.45, 7) is 5.46. The van der Waals surface area contributed by atoms with Crippen molar-refractivity contribution in [1.29, 1.82) is 0 Å². The first-order chi connectivity index (χ1) is 16.3. The third-order valence-corrected chi connectivity index (χ3v) is 8.00. The Hall–Kier alpha value is -3.58. The van der Waals surface area contributed by atoms with Gasteiger partial charge in [-0.2, -0.15) is 19.7 Å². The van der Waals surface area contributed by atoms with Crippen LogP contribution in [-0.4, -0.2) is 83.1 Å². The van der Waals surface area contributed by atoms with E-state index in [1.807, 2.05) is 0 Å². The highest BCUT2D eigenvalue weighted by molar-refractivity contribution is 7.89. The number of carbonyl (C=O) groups excluding carboxylic acids is 1. The zero-order valence-corrected chi connectivity index (χ0v) is 19.7. The van der Waals surface area contributed by atoms with Gasteiger partial charge in [-0.05, 0) is 30.3 Å². The topological polar surface area (TPSA) is 146 Å². The number of fused-ring (bicyclic) bond motifs is 1. The molecule has 1 saturated heterocycles. The Bertz CT molecular complexity index is 1330. The zero-order chi connectivity index (χ0) is 24.5. The van der Waals surface area contributed by atoms with Crippen LogP contribution in [0, 0.1) is 10.1 Å². The first kappa shape index (κ1) is 23.6. The average Bonchev–Trinajstić information content (AvgIpc) is 3.32. The number of aromatic nitrogens is 3. The summed E-state index contributed by atoms with van der Waals surface area (Å²) in [5, 5.41) is 22.3. The van der Waals surface area contributed by atoms with Gasteiger partial charge in [0.05, 0.1) is 9.82 Å². The smallest absolute Gasteiger partial charge is 0.293 e.